The molecular formula is C35H64O4. The zero-order chi connectivity index (χ0) is 28.2. The number of hydrogen-bond acceptors (Lipinski definition) is 4. The first-order valence-electron chi connectivity index (χ1n) is 16.2. The molecule has 39 heavy (non-hydrogen) atoms. The lowest BCUT2D eigenvalue weighted by atomic mass is 9.45. The second kappa shape index (κ2) is 11.2. The van der Waals surface area contributed by atoms with Crippen molar-refractivity contribution < 1.29 is 19.7 Å². The van der Waals surface area contributed by atoms with Crippen LogP contribution in [0.5, 0.6) is 0 Å². The first-order chi connectivity index (χ1) is 17.6. The molecule has 0 aromatic carbocycles. The van der Waals surface area contributed by atoms with Crippen LogP contribution in [0.3, 0.4) is 0 Å². The number of carbonyl (C=O) groups is 1. The molecule has 0 radical (unpaired) electrons. The second-order valence-corrected chi connectivity index (χ2v) is 16.0. The van der Waals surface area contributed by atoms with Gasteiger partial charge in [0, 0.05) is 12.5 Å². The average Bonchev–Trinajstić information content (AvgIpc) is 3.19. The molecule has 4 nitrogen and oxygen atoms in total. The van der Waals surface area contributed by atoms with Crippen LogP contribution in [0, 0.1) is 45.3 Å². The van der Waals surface area contributed by atoms with Crippen LogP contribution in [0.4, 0.5) is 0 Å². The van der Waals surface area contributed by atoms with Crippen molar-refractivity contribution in [3.8, 4) is 0 Å². The Balaban J connectivity index is 0.000000210. The number of aliphatic hydroxyl groups is 2. The number of hydrogen-bond donors (Lipinski definition) is 2. The van der Waals surface area contributed by atoms with Crippen molar-refractivity contribution in [2.45, 2.75) is 164 Å². The Morgan fingerprint density at radius 1 is 0.769 bits per heavy atom. The van der Waals surface area contributed by atoms with Crippen molar-refractivity contribution in [1.29, 1.82) is 0 Å². The Labute approximate surface area is 241 Å². The fourth-order valence-corrected chi connectivity index (χ4v) is 11.6. The molecule has 0 bridgehead atoms. The molecule has 1 aliphatic heterocycles. The summed E-state index contributed by atoms with van der Waals surface area (Å²) in [6.07, 6.45) is 15.3. The number of rotatable bonds is 4. The zero-order valence-electron chi connectivity index (χ0n) is 26.1. The maximum absolute atomic E-state index is 11.9. The van der Waals surface area contributed by atoms with Gasteiger partial charge in [-0.15, -0.1) is 0 Å². The van der Waals surface area contributed by atoms with E-state index in [1.165, 1.54) is 44.9 Å². The van der Waals surface area contributed by atoms with Gasteiger partial charge in [-0.25, -0.2) is 0 Å². The average molecular weight is 549 g/mol. The fraction of sp³-hybridized carbons (Fsp3) is 0.971. The minimum absolute atomic E-state index is 0. The van der Waals surface area contributed by atoms with Gasteiger partial charge in [-0.05, 0) is 110 Å². The van der Waals surface area contributed by atoms with Gasteiger partial charge in [-0.3, -0.25) is 4.79 Å². The summed E-state index contributed by atoms with van der Waals surface area (Å²) in [5.41, 5.74) is 0.640. The van der Waals surface area contributed by atoms with Gasteiger partial charge in [0.05, 0.1) is 12.0 Å². The second-order valence-electron chi connectivity index (χ2n) is 16.0. The topological polar surface area (TPSA) is 66.8 Å². The lowest BCUT2D eigenvalue weighted by Gasteiger charge is -2.61. The summed E-state index contributed by atoms with van der Waals surface area (Å²) in [5.74, 6) is 2.21. The lowest BCUT2D eigenvalue weighted by Crippen LogP contribution is -2.58. The molecule has 0 aromatic heterocycles. The number of esters is 1. The molecule has 4 aliphatic carbocycles. The van der Waals surface area contributed by atoms with Crippen LogP contribution in [0.15, 0.2) is 0 Å². The molecule has 4 heteroatoms. The van der Waals surface area contributed by atoms with Crippen LogP contribution in [0.25, 0.3) is 0 Å². The van der Waals surface area contributed by atoms with Crippen LogP contribution in [0.1, 0.15) is 153 Å². The van der Waals surface area contributed by atoms with Crippen molar-refractivity contribution >= 4 is 5.97 Å². The molecule has 1 saturated heterocycles. The van der Waals surface area contributed by atoms with E-state index in [0.29, 0.717) is 34.5 Å². The summed E-state index contributed by atoms with van der Waals surface area (Å²) in [4.78, 5) is 11.9. The van der Waals surface area contributed by atoms with Crippen molar-refractivity contribution in [2.75, 3.05) is 6.61 Å². The van der Waals surface area contributed by atoms with E-state index < -0.39 is 5.60 Å². The minimum Gasteiger partial charge on any atom is -0.459 e. The molecule has 228 valence electrons. The molecule has 2 N–H and O–H groups in total. The summed E-state index contributed by atoms with van der Waals surface area (Å²) in [7, 11) is 0. The van der Waals surface area contributed by atoms with Gasteiger partial charge in [0.2, 0.25) is 0 Å². The maximum atomic E-state index is 11.9. The highest BCUT2D eigenvalue weighted by Crippen LogP contribution is 2.66. The van der Waals surface area contributed by atoms with Crippen LogP contribution in [-0.2, 0) is 9.53 Å². The fourth-order valence-electron chi connectivity index (χ4n) is 11.6. The zero-order valence-corrected chi connectivity index (χ0v) is 26.1. The van der Waals surface area contributed by atoms with Crippen molar-refractivity contribution in [1.82, 2.24) is 0 Å². The smallest absolute Gasteiger partial charge is 0.306 e. The molecule has 5 fully saturated rings. The van der Waals surface area contributed by atoms with E-state index >= 15 is 0 Å². The molecule has 5 aliphatic rings. The monoisotopic (exact) mass is 548 g/mol. The van der Waals surface area contributed by atoms with Gasteiger partial charge in [-0.2, -0.15) is 0 Å². The molecule has 4 saturated carbocycles. The largest absolute Gasteiger partial charge is 0.459 e. The van der Waals surface area contributed by atoms with Crippen LogP contribution >= 0.6 is 0 Å². The molecule has 0 aromatic rings. The van der Waals surface area contributed by atoms with Crippen LogP contribution in [-0.4, -0.2) is 34.0 Å². The SMILES string of the molecule is C.CCC12CCC3C(C)(C)CCCC3(C)C1CC(=O)O2.CC[C@@]1(O)CC[C@H]2C(C)(C)CCCC2(C)[C@@H]1CCO. The van der Waals surface area contributed by atoms with Gasteiger partial charge in [-0.1, -0.05) is 75.7 Å². The molecule has 1 heterocycles. The standard InChI is InChI=1S/C17H28O2.C17H32O2.CH4/c1-5-17-10-7-12-15(2,3)8-6-9-16(12,4)13(17)11-14(18)19-17;1-5-17(19)11-7-13-15(2,3)9-6-10-16(13,4)14(17)8-12-18;/h12-13H,5-11H2,1-4H3;13-14,18-19H,5-12H2,1-4H3;1H4/t;13-,14-,16?,17+;/m.0./s1. The van der Waals surface area contributed by atoms with E-state index in [4.69, 9.17) is 4.74 Å². The Hall–Kier alpha value is -0.610. The third kappa shape index (κ3) is 5.37. The van der Waals surface area contributed by atoms with E-state index in [9.17, 15) is 15.0 Å². The minimum atomic E-state index is -0.554. The number of aliphatic hydroxyl groups excluding tert-OH is 1. The quantitative estimate of drug-likeness (QED) is 0.345. The first kappa shape index (κ1) is 32.9. The third-order valence-corrected chi connectivity index (χ3v) is 13.5. The molecule has 0 amide bonds. The van der Waals surface area contributed by atoms with E-state index in [1.807, 2.05) is 0 Å². The van der Waals surface area contributed by atoms with Gasteiger partial charge in [0.15, 0.2) is 0 Å². The molecule has 5 rings (SSSR count). The van der Waals surface area contributed by atoms with E-state index in [0.717, 1.165) is 44.4 Å². The highest BCUT2D eigenvalue weighted by molar-refractivity contribution is 5.73. The Bertz CT molecular complexity index is 865. The van der Waals surface area contributed by atoms with Crippen molar-refractivity contribution in [3.05, 3.63) is 0 Å². The summed E-state index contributed by atoms with van der Waals surface area (Å²) in [5, 5.41) is 20.5. The third-order valence-electron chi connectivity index (χ3n) is 13.5. The van der Waals surface area contributed by atoms with Gasteiger partial charge in [0.25, 0.3) is 0 Å². The maximum Gasteiger partial charge on any atom is 0.306 e. The molecule has 0 spiro atoms. The van der Waals surface area contributed by atoms with E-state index in [2.05, 4.69) is 55.4 Å². The predicted octanol–water partition coefficient (Wildman–Crippen LogP) is 8.71. The molecular weight excluding hydrogens is 484 g/mol. The summed E-state index contributed by atoms with van der Waals surface area (Å²) in [6, 6.07) is 0. The van der Waals surface area contributed by atoms with Crippen LogP contribution < -0.4 is 0 Å². The predicted molar refractivity (Wildman–Crippen MR) is 161 cm³/mol. The van der Waals surface area contributed by atoms with Crippen LogP contribution in [0.2, 0.25) is 0 Å². The number of fused-ring (bicyclic) bond motifs is 4. The number of carbonyl (C=O) groups excluding carboxylic acids is 1. The summed E-state index contributed by atoms with van der Waals surface area (Å²) >= 11 is 0. The Kier molecular flexibility index (Phi) is 9.48. The van der Waals surface area contributed by atoms with Crippen molar-refractivity contribution in [2.24, 2.45) is 45.3 Å². The highest BCUT2D eigenvalue weighted by Gasteiger charge is 2.64. The first-order valence-corrected chi connectivity index (χ1v) is 16.2. The Morgan fingerprint density at radius 3 is 1.85 bits per heavy atom. The number of ether oxygens (including phenoxy) is 1. The van der Waals surface area contributed by atoms with Gasteiger partial charge < -0.3 is 14.9 Å². The van der Waals surface area contributed by atoms with E-state index in [1.54, 1.807) is 0 Å². The molecule has 8 atom stereocenters. The normalized spacial score (nSPS) is 45.8. The summed E-state index contributed by atoms with van der Waals surface area (Å²) in [6.45, 7) is 19.0. The molecule has 5 unspecified atom stereocenters. The summed E-state index contributed by atoms with van der Waals surface area (Å²) < 4.78 is 5.85. The van der Waals surface area contributed by atoms with Crippen molar-refractivity contribution in [3.63, 3.8) is 0 Å². The van der Waals surface area contributed by atoms with Gasteiger partial charge in [0.1, 0.15) is 5.60 Å². The Morgan fingerprint density at radius 2 is 1.31 bits per heavy atom. The van der Waals surface area contributed by atoms with E-state index in [-0.39, 0.29) is 36.9 Å². The highest BCUT2D eigenvalue weighted by atomic mass is 16.6. The lowest BCUT2D eigenvalue weighted by molar-refractivity contribution is -0.180. The van der Waals surface area contributed by atoms with Gasteiger partial charge >= 0.3 is 5.97 Å².